The predicted molar refractivity (Wildman–Crippen MR) is 120 cm³/mol. The zero-order valence-electron chi connectivity index (χ0n) is 20.0. The zero-order chi connectivity index (χ0) is 26.9. The molecule has 0 aliphatic heterocycles. The lowest BCUT2D eigenvalue weighted by Gasteiger charge is -2.33. The Labute approximate surface area is 198 Å². The van der Waals surface area contributed by atoms with Crippen molar-refractivity contribution in [2.45, 2.75) is 72.0 Å². The fourth-order valence-electron chi connectivity index (χ4n) is 3.64. The lowest BCUT2D eigenvalue weighted by atomic mass is 9.89. The van der Waals surface area contributed by atoms with E-state index in [1.807, 2.05) is 6.92 Å². The number of aryl methyl sites for hydroxylation is 1. The lowest BCUT2D eigenvalue weighted by Crippen LogP contribution is -2.53. The molecule has 0 fully saturated rings. The average Bonchev–Trinajstić information content (AvgIpc) is 2.74. The first-order chi connectivity index (χ1) is 16.0. The van der Waals surface area contributed by atoms with E-state index >= 15 is 0 Å². The van der Waals surface area contributed by atoms with Crippen molar-refractivity contribution in [3.05, 3.63) is 50.9 Å². The van der Waals surface area contributed by atoms with Crippen LogP contribution in [0.1, 0.15) is 57.2 Å². The van der Waals surface area contributed by atoms with Gasteiger partial charge in [0, 0.05) is 34.7 Å². The van der Waals surface area contributed by atoms with E-state index in [9.17, 15) is 41.0 Å². The molecule has 1 aromatic carbocycles. The monoisotopic (exact) mass is 506 g/mol. The van der Waals surface area contributed by atoms with Gasteiger partial charge in [0.05, 0.1) is 5.52 Å². The van der Waals surface area contributed by atoms with Crippen molar-refractivity contribution in [1.29, 1.82) is 0 Å². The van der Waals surface area contributed by atoms with Crippen LogP contribution < -0.4 is 10.9 Å². The zero-order valence-corrected chi connectivity index (χ0v) is 20.0. The highest BCUT2D eigenvalue weighted by molar-refractivity contribution is 5.91. The second-order valence-electron chi connectivity index (χ2n) is 8.76. The molecule has 1 aromatic heterocycles. The topological polar surface area (TPSA) is 71.3 Å². The maximum absolute atomic E-state index is 13.5. The number of carbonyl (C=O) groups is 1. The molecule has 5 nitrogen and oxygen atoms in total. The van der Waals surface area contributed by atoms with Gasteiger partial charge in [-0.25, -0.2) is 0 Å². The molecule has 0 aliphatic rings. The van der Waals surface area contributed by atoms with Crippen molar-refractivity contribution < 1.29 is 36.2 Å². The van der Waals surface area contributed by atoms with Gasteiger partial charge in [0.25, 0.3) is 11.2 Å². The van der Waals surface area contributed by atoms with Crippen molar-refractivity contribution in [2.24, 2.45) is 5.92 Å². The number of hydrogen-bond donors (Lipinski definition) is 2. The minimum atomic E-state index is -6.05. The molecule has 0 saturated carbocycles. The van der Waals surface area contributed by atoms with Crippen LogP contribution in [0.5, 0.6) is 0 Å². The summed E-state index contributed by atoms with van der Waals surface area (Å²) in [7, 11) is 0. The van der Waals surface area contributed by atoms with E-state index < -0.39 is 35.0 Å². The molecule has 0 atom stereocenters. The van der Waals surface area contributed by atoms with Crippen LogP contribution in [0.25, 0.3) is 17.0 Å². The van der Waals surface area contributed by atoms with Crippen LogP contribution in [0.3, 0.4) is 0 Å². The molecular weight excluding hydrogens is 478 g/mol. The van der Waals surface area contributed by atoms with Gasteiger partial charge in [-0.05, 0) is 44.0 Å². The van der Waals surface area contributed by atoms with Crippen LogP contribution in [0.15, 0.2) is 28.7 Å². The largest absolute Gasteiger partial charge is 0.430 e. The Morgan fingerprint density at radius 1 is 1.14 bits per heavy atom. The van der Waals surface area contributed by atoms with E-state index in [1.165, 1.54) is 24.5 Å². The number of unbranched alkanes of at least 4 members (excludes halogenated alkanes) is 1. The van der Waals surface area contributed by atoms with Gasteiger partial charge in [0.1, 0.15) is 0 Å². The Morgan fingerprint density at radius 2 is 1.71 bits per heavy atom. The molecule has 0 radical (unpaired) electrons. The third kappa shape index (κ3) is 5.39. The molecule has 2 N–H and O–H groups in total. The molecule has 1 heterocycles. The normalized spacial score (nSPS) is 13.6. The first-order valence-electron chi connectivity index (χ1n) is 11.0. The van der Waals surface area contributed by atoms with Crippen molar-refractivity contribution in [3.63, 3.8) is 0 Å². The molecule has 1 amide bonds. The number of amides is 1. The number of aliphatic hydroxyl groups is 1. The quantitative estimate of drug-likeness (QED) is 0.484. The molecule has 194 valence electrons. The summed E-state index contributed by atoms with van der Waals surface area (Å²) in [5.41, 5.74) is -6.53. The Kier molecular flexibility index (Phi) is 8.15. The van der Waals surface area contributed by atoms with E-state index in [4.69, 9.17) is 0 Å². The van der Waals surface area contributed by atoms with Crippen LogP contribution in [-0.2, 0) is 16.9 Å². The third-order valence-corrected chi connectivity index (χ3v) is 5.73. The highest BCUT2D eigenvalue weighted by Crippen LogP contribution is 2.50. The summed E-state index contributed by atoms with van der Waals surface area (Å²) in [4.78, 5) is 25.1. The van der Waals surface area contributed by atoms with E-state index in [-0.39, 0.29) is 40.2 Å². The van der Waals surface area contributed by atoms with Crippen LogP contribution in [-0.4, -0.2) is 27.9 Å². The number of alkyl halides is 6. The van der Waals surface area contributed by atoms with Crippen molar-refractivity contribution in [3.8, 4) is 0 Å². The van der Waals surface area contributed by atoms with Gasteiger partial charge < -0.3 is 15.0 Å². The molecule has 2 aromatic rings. The number of pyridine rings is 1. The van der Waals surface area contributed by atoms with Crippen molar-refractivity contribution >= 4 is 22.9 Å². The second kappa shape index (κ2) is 10.0. The Balaban J connectivity index is 2.95. The minimum absolute atomic E-state index is 0.0489. The molecule has 35 heavy (non-hydrogen) atoms. The number of carbonyl (C=O) groups excluding carboxylic acids is 1. The Morgan fingerprint density at radius 3 is 2.20 bits per heavy atom. The second-order valence-corrected chi connectivity index (χ2v) is 8.76. The molecule has 2 rings (SSSR count). The number of nitrogens with one attached hydrogen (secondary N) is 1. The van der Waals surface area contributed by atoms with Gasteiger partial charge in [-0.3, -0.25) is 9.59 Å². The molecule has 0 unspecified atom stereocenters. The summed E-state index contributed by atoms with van der Waals surface area (Å²) in [5.74, 6) is -0.750. The number of aromatic nitrogens is 1. The van der Waals surface area contributed by atoms with E-state index in [0.29, 0.717) is 25.0 Å². The first-order valence-corrected chi connectivity index (χ1v) is 11.0. The van der Waals surface area contributed by atoms with Crippen LogP contribution in [0.4, 0.5) is 26.3 Å². The number of halogens is 6. The summed E-state index contributed by atoms with van der Waals surface area (Å²) < 4.78 is 82.4. The molecule has 0 saturated heterocycles. The number of benzene rings is 1. The Bertz CT molecular complexity index is 1180. The SMILES string of the molecule is CCCCn1c(=O)c(C)c(/C=C(\C)NC(=O)C(C)C)c2cc(C(O)(C(F)(F)F)C(F)(F)F)ccc21. The van der Waals surface area contributed by atoms with Crippen LogP contribution >= 0.6 is 0 Å². The van der Waals surface area contributed by atoms with Gasteiger partial charge >= 0.3 is 12.4 Å². The predicted octanol–water partition coefficient (Wildman–Crippen LogP) is 5.56. The summed E-state index contributed by atoms with van der Waals surface area (Å²) in [6.45, 7) is 8.23. The van der Waals surface area contributed by atoms with Crippen LogP contribution in [0.2, 0.25) is 0 Å². The molecule has 0 bridgehead atoms. The van der Waals surface area contributed by atoms with Gasteiger partial charge in [-0.15, -0.1) is 0 Å². The van der Waals surface area contributed by atoms with E-state index in [1.54, 1.807) is 13.8 Å². The van der Waals surface area contributed by atoms with Crippen molar-refractivity contribution in [1.82, 2.24) is 9.88 Å². The lowest BCUT2D eigenvalue weighted by molar-refractivity contribution is -0.376. The average molecular weight is 506 g/mol. The van der Waals surface area contributed by atoms with Crippen LogP contribution in [0, 0.1) is 12.8 Å². The highest BCUT2D eigenvalue weighted by atomic mass is 19.4. The molecule has 0 aliphatic carbocycles. The standard InChI is InChI=1S/C24H28F6N2O3/c1-6-7-10-32-19-9-8-16(22(35,23(25,26)27)24(28,29)30)12-18(19)17(15(5)21(32)34)11-14(4)31-20(33)13(2)3/h8-9,11-13,35H,6-7,10H2,1-5H3,(H,31,33)/b14-11+. The summed E-state index contributed by atoms with van der Waals surface area (Å²) >= 11 is 0. The number of hydrogen-bond acceptors (Lipinski definition) is 3. The summed E-state index contributed by atoms with van der Waals surface area (Å²) in [6.07, 6.45) is -9.55. The van der Waals surface area contributed by atoms with Gasteiger partial charge in [-0.2, -0.15) is 26.3 Å². The molecule has 0 spiro atoms. The first kappa shape index (κ1) is 28.4. The van der Waals surface area contributed by atoms with Gasteiger partial charge in [0.2, 0.25) is 5.91 Å². The van der Waals surface area contributed by atoms with E-state index in [2.05, 4.69) is 5.32 Å². The van der Waals surface area contributed by atoms with Crippen molar-refractivity contribution in [2.75, 3.05) is 0 Å². The number of fused-ring (bicyclic) bond motifs is 1. The number of nitrogens with zero attached hydrogens (tertiary/aromatic N) is 1. The molecular formula is C24H28F6N2O3. The minimum Gasteiger partial charge on any atom is -0.369 e. The number of allylic oxidation sites excluding steroid dienone is 1. The smallest absolute Gasteiger partial charge is 0.369 e. The maximum atomic E-state index is 13.5. The third-order valence-electron chi connectivity index (χ3n) is 5.73. The summed E-state index contributed by atoms with van der Waals surface area (Å²) in [6, 6.07) is 2.11. The fraction of sp³-hybridized carbons (Fsp3) is 0.500. The summed E-state index contributed by atoms with van der Waals surface area (Å²) in [5, 5.41) is 12.4. The number of rotatable bonds is 7. The molecule has 11 heteroatoms. The highest BCUT2D eigenvalue weighted by Gasteiger charge is 2.71. The van der Waals surface area contributed by atoms with Gasteiger partial charge in [0.15, 0.2) is 0 Å². The fourth-order valence-corrected chi connectivity index (χ4v) is 3.64. The maximum Gasteiger partial charge on any atom is 0.430 e. The van der Waals surface area contributed by atoms with E-state index in [0.717, 1.165) is 6.07 Å². The van der Waals surface area contributed by atoms with Gasteiger partial charge in [-0.1, -0.05) is 33.3 Å². The Hall–Kier alpha value is -2.82.